The van der Waals surface area contributed by atoms with E-state index in [2.05, 4.69) is 12.2 Å². The summed E-state index contributed by atoms with van der Waals surface area (Å²) in [4.78, 5) is 28.4. The Morgan fingerprint density at radius 2 is 1.53 bits per heavy atom. The Hall–Kier alpha value is -3.31. The van der Waals surface area contributed by atoms with Crippen molar-refractivity contribution < 1.29 is 14.3 Å². The van der Waals surface area contributed by atoms with Gasteiger partial charge in [-0.2, -0.15) is 0 Å². The lowest BCUT2D eigenvalue weighted by Gasteiger charge is -2.31. The van der Waals surface area contributed by atoms with Crippen LogP contribution < -0.4 is 10.1 Å². The van der Waals surface area contributed by atoms with Crippen molar-refractivity contribution in [2.75, 3.05) is 13.2 Å². The standard InChI is InChI=1S/C28H31ClN2O3/c1-2-3-18-30-28(33)25(19-22-12-6-4-7-13-22)31(20-23-14-8-5-9-15-23)27(32)21-34-26-17-11-10-16-24(26)29/h4-17,25H,2-3,18-21H2,1H3,(H,30,33). The molecule has 1 unspecified atom stereocenters. The van der Waals surface area contributed by atoms with E-state index >= 15 is 0 Å². The zero-order chi connectivity index (χ0) is 24.2. The van der Waals surface area contributed by atoms with Crippen molar-refractivity contribution in [3.8, 4) is 5.75 Å². The van der Waals surface area contributed by atoms with Crippen molar-refractivity contribution in [1.29, 1.82) is 0 Å². The third-order valence-corrected chi connectivity index (χ3v) is 5.80. The van der Waals surface area contributed by atoms with Crippen LogP contribution >= 0.6 is 11.6 Å². The van der Waals surface area contributed by atoms with Crippen molar-refractivity contribution in [2.45, 2.75) is 38.8 Å². The quantitative estimate of drug-likeness (QED) is 0.360. The minimum atomic E-state index is -0.679. The molecular weight excluding hydrogens is 448 g/mol. The molecule has 0 spiro atoms. The molecule has 0 radical (unpaired) electrons. The van der Waals surface area contributed by atoms with Gasteiger partial charge in [-0.1, -0.05) is 97.7 Å². The third-order valence-electron chi connectivity index (χ3n) is 5.48. The van der Waals surface area contributed by atoms with E-state index in [-0.39, 0.29) is 18.4 Å². The van der Waals surface area contributed by atoms with Gasteiger partial charge in [0.1, 0.15) is 11.8 Å². The van der Waals surface area contributed by atoms with Crippen molar-refractivity contribution in [2.24, 2.45) is 0 Å². The Labute approximate surface area is 206 Å². The molecule has 0 saturated heterocycles. The SMILES string of the molecule is CCCCNC(=O)C(Cc1ccccc1)N(Cc1ccccc1)C(=O)COc1ccccc1Cl. The summed E-state index contributed by atoms with van der Waals surface area (Å²) < 4.78 is 5.74. The highest BCUT2D eigenvalue weighted by atomic mass is 35.5. The molecule has 0 aliphatic heterocycles. The summed E-state index contributed by atoms with van der Waals surface area (Å²) in [6.07, 6.45) is 2.26. The molecule has 0 heterocycles. The normalized spacial score (nSPS) is 11.5. The molecule has 3 rings (SSSR count). The summed E-state index contributed by atoms with van der Waals surface area (Å²) >= 11 is 6.19. The topological polar surface area (TPSA) is 58.6 Å². The molecule has 1 N–H and O–H groups in total. The monoisotopic (exact) mass is 478 g/mol. The molecular formula is C28H31ClN2O3. The lowest BCUT2D eigenvalue weighted by atomic mass is 10.0. The van der Waals surface area contributed by atoms with Crippen molar-refractivity contribution >= 4 is 23.4 Å². The number of ether oxygens (including phenoxy) is 1. The van der Waals surface area contributed by atoms with Gasteiger partial charge in [-0.05, 0) is 29.7 Å². The van der Waals surface area contributed by atoms with Gasteiger partial charge in [0.2, 0.25) is 5.91 Å². The molecule has 6 heteroatoms. The first-order valence-corrected chi connectivity index (χ1v) is 12.0. The molecule has 0 aliphatic carbocycles. The van der Waals surface area contributed by atoms with Gasteiger partial charge in [0.25, 0.3) is 5.91 Å². The number of hydrogen-bond acceptors (Lipinski definition) is 3. The zero-order valence-corrected chi connectivity index (χ0v) is 20.2. The predicted octanol–water partition coefficient (Wildman–Crippen LogP) is 5.28. The van der Waals surface area contributed by atoms with Crippen molar-refractivity contribution in [3.63, 3.8) is 0 Å². The van der Waals surface area contributed by atoms with Crippen LogP contribution in [0.5, 0.6) is 5.75 Å². The highest BCUT2D eigenvalue weighted by Gasteiger charge is 2.30. The third kappa shape index (κ3) is 7.63. The van der Waals surface area contributed by atoms with E-state index < -0.39 is 6.04 Å². The maximum Gasteiger partial charge on any atom is 0.261 e. The lowest BCUT2D eigenvalue weighted by molar-refractivity contribution is -0.142. The summed E-state index contributed by atoms with van der Waals surface area (Å²) in [5.74, 6) is -0.0149. The Morgan fingerprint density at radius 1 is 0.912 bits per heavy atom. The minimum absolute atomic E-state index is 0.167. The molecule has 0 aromatic heterocycles. The average Bonchev–Trinajstić information content (AvgIpc) is 2.87. The highest BCUT2D eigenvalue weighted by Crippen LogP contribution is 2.23. The van der Waals surface area contributed by atoms with Crippen LogP contribution in [0.15, 0.2) is 84.9 Å². The van der Waals surface area contributed by atoms with Crippen LogP contribution in [0, 0.1) is 0 Å². The van der Waals surface area contributed by atoms with Crippen LogP contribution in [0.1, 0.15) is 30.9 Å². The summed E-state index contributed by atoms with van der Waals surface area (Å²) in [5.41, 5.74) is 1.92. The summed E-state index contributed by atoms with van der Waals surface area (Å²) in [6.45, 7) is 2.73. The van der Waals surface area contributed by atoms with Gasteiger partial charge in [-0.3, -0.25) is 9.59 Å². The van der Waals surface area contributed by atoms with Gasteiger partial charge in [0.05, 0.1) is 5.02 Å². The summed E-state index contributed by atoms with van der Waals surface area (Å²) in [6, 6.07) is 25.8. The maximum atomic E-state index is 13.5. The molecule has 3 aromatic rings. The van der Waals surface area contributed by atoms with E-state index in [0.717, 1.165) is 24.0 Å². The molecule has 3 aromatic carbocycles. The van der Waals surface area contributed by atoms with Gasteiger partial charge >= 0.3 is 0 Å². The maximum absolute atomic E-state index is 13.5. The van der Waals surface area contributed by atoms with Crippen LogP contribution in [0.2, 0.25) is 5.02 Å². The number of rotatable bonds is 12. The molecule has 2 amide bonds. The number of halogens is 1. The zero-order valence-electron chi connectivity index (χ0n) is 19.5. The molecule has 0 aliphatic rings. The second-order valence-corrected chi connectivity index (χ2v) is 8.48. The Bertz CT molecular complexity index is 1040. The van der Waals surface area contributed by atoms with Crippen LogP contribution in [-0.4, -0.2) is 35.9 Å². The molecule has 0 fully saturated rings. The number of nitrogens with zero attached hydrogens (tertiary/aromatic N) is 1. The highest BCUT2D eigenvalue weighted by molar-refractivity contribution is 6.32. The van der Waals surface area contributed by atoms with Gasteiger partial charge in [0, 0.05) is 19.5 Å². The summed E-state index contributed by atoms with van der Waals surface area (Å²) in [7, 11) is 0. The van der Waals surface area contributed by atoms with Crippen molar-refractivity contribution in [1.82, 2.24) is 10.2 Å². The molecule has 34 heavy (non-hydrogen) atoms. The number of nitrogens with one attached hydrogen (secondary N) is 1. The largest absolute Gasteiger partial charge is 0.482 e. The van der Waals surface area contributed by atoms with E-state index in [1.165, 1.54) is 0 Å². The predicted molar refractivity (Wildman–Crippen MR) is 136 cm³/mol. The number of unbranched alkanes of at least 4 members (excludes halogenated alkanes) is 1. The molecule has 178 valence electrons. The minimum Gasteiger partial charge on any atom is -0.482 e. The lowest BCUT2D eigenvalue weighted by Crippen LogP contribution is -2.51. The first-order valence-electron chi connectivity index (χ1n) is 11.6. The fraction of sp³-hybridized carbons (Fsp3) is 0.286. The van der Waals surface area contributed by atoms with Crippen LogP contribution in [0.4, 0.5) is 0 Å². The van der Waals surface area contributed by atoms with Gasteiger partial charge in [0.15, 0.2) is 6.61 Å². The number of carbonyl (C=O) groups excluding carboxylic acids is 2. The molecule has 1 atom stereocenters. The van der Waals surface area contributed by atoms with E-state index in [1.807, 2.05) is 60.7 Å². The first kappa shape index (κ1) is 25.3. The van der Waals surface area contributed by atoms with E-state index in [0.29, 0.717) is 30.3 Å². The number of amides is 2. The van der Waals surface area contributed by atoms with Crippen LogP contribution in [-0.2, 0) is 22.6 Å². The van der Waals surface area contributed by atoms with Crippen molar-refractivity contribution in [3.05, 3.63) is 101 Å². The Kier molecular flexibility index (Phi) is 9.98. The van der Waals surface area contributed by atoms with Crippen LogP contribution in [0.25, 0.3) is 0 Å². The van der Waals surface area contributed by atoms with Crippen LogP contribution in [0.3, 0.4) is 0 Å². The Morgan fingerprint density at radius 3 is 2.18 bits per heavy atom. The number of carbonyl (C=O) groups is 2. The second-order valence-electron chi connectivity index (χ2n) is 8.08. The molecule has 0 saturated carbocycles. The second kappa shape index (κ2) is 13.4. The fourth-order valence-corrected chi connectivity index (χ4v) is 3.81. The number of hydrogen-bond donors (Lipinski definition) is 1. The van der Waals surface area contributed by atoms with E-state index in [9.17, 15) is 9.59 Å². The Balaban J connectivity index is 1.86. The summed E-state index contributed by atoms with van der Waals surface area (Å²) in [5, 5.41) is 3.45. The fourth-order valence-electron chi connectivity index (χ4n) is 3.62. The van der Waals surface area contributed by atoms with E-state index in [1.54, 1.807) is 29.2 Å². The number of benzene rings is 3. The van der Waals surface area contributed by atoms with Gasteiger partial charge in [-0.25, -0.2) is 0 Å². The average molecular weight is 479 g/mol. The van der Waals surface area contributed by atoms with E-state index in [4.69, 9.17) is 16.3 Å². The first-order chi connectivity index (χ1) is 16.6. The molecule has 5 nitrogen and oxygen atoms in total. The molecule has 0 bridgehead atoms. The smallest absolute Gasteiger partial charge is 0.261 e. The van der Waals surface area contributed by atoms with Gasteiger partial charge < -0.3 is 15.0 Å². The van der Waals surface area contributed by atoms with Gasteiger partial charge in [-0.15, -0.1) is 0 Å². The number of para-hydroxylation sites is 1.